The van der Waals surface area contributed by atoms with Gasteiger partial charge in [0, 0.05) is 32.6 Å². The third-order valence-electron chi connectivity index (χ3n) is 5.36. The second kappa shape index (κ2) is 11.2. The molecule has 33 heavy (non-hydrogen) atoms. The third-order valence-corrected chi connectivity index (χ3v) is 6.55. The van der Waals surface area contributed by atoms with Gasteiger partial charge in [0.25, 0.3) is 0 Å². The summed E-state index contributed by atoms with van der Waals surface area (Å²) in [7, 11) is -2.31. The first kappa shape index (κ1) is 26.2. The minimum absolute atomic E-state index is 0.0284. The number of likely N-dealkylation sites (N-methyl/N-ethyl adjacent to an activating group) is 1. The molecule has 1 N–H and O–H groups in total. The second-order valence-electron chi connectivity index (χ2n) is 7.78. The van der Waals surface area contributed by atoms with Gasteiger partial charge in [0.05, 0.1) is 11.9 Å². The van der Waals surface area contributed by atoms with Crippen LogP contribution in [0.1, 0.15) is 30.9 Å². The Morgan fingerprint density at radius 3 is 2.33 bits per heavy atom. The molecule has 0 aromatic heterocycles. The second-order valence-corrected chi connectivity index (χ2v) is 9.68. The monoisotopic (exact) mass is 481 g/mol. The van der Waals surface area contributed by atoms with Gasteiger partial charge in [-0.3, -0.25) is 13.9 Å². The van der Waals surface area contributed by atoms with E-state index in [1.54, 1.807) is 6.92 Å². The van der Waals surface area contributed by atoms with Gasteiger partial charge >= 0.3 is 0 Å². The number of hydrogen-bond donors (Lipinski definition) is 1. The third kappa shape index (κ3) is 6.98. The van der Waals surface area contributed by atoms with Crippen LogP contribution in [-0.4, -0.2) is 51.0 Å². The molecule has 0 saturated heterocycles. The van der Waals surface area contributed by atoms with Gasteiger partial charge in [-0.2, -0.15) is 0 Å². The number of carbonyl (C=O) groups is 2. The summed E-state index contributed by atoms with van der Waals surface area (Å²) in [6.07, 6.45) is 1.03. The molecule has 7 nitrogen and oxygen atoms in total. The van der Waals surface area contributed by atoms with Crippen molar-refractivity contribution < 1.29 is 26.8 Å². The summed E-state index contributed by atoms with van der Waals surface area (Å²) in [6.45, 7) is 3.65. The highest BCUT2D eigenvalue weighted by molar-refractivity contribution is 7.92. The lowest BCUT2D eigenvalue weighted by Gasteiger charge is -2.29. The van der Waals surface area contributed by atoms with Crippen LogP contribution in [0.15, 0.2) is 42.5 Å². The largest absolute Gasteiger partial charge is 0.357 e. The first-order valence-electron chi connectivity index (χ1n) is 10.4. The van der Waals surface area contributed by atoms with Crippen molar-refractivity contribution >= 4 is 27.5 Å². The van der Waals surface area contributed by atoms with Crippen molar-refractivity contribution in [3.63, 3.8) is 0 Å². The smallest absolute Gasteiger partial charge is 0.242 e. The molecular formula is C23H29F2N3O4S. The van der Waals surface area contributed by atoms with Crippen molar-refractivity contribution in [1.82, 2.24) is 10.2 Å². The Balaban J connectivity index is 2.17. The molecule has 0 radical (unpaired) electrons. The van der Waals surface area contributed by atoms with Crippen LogP contribution >= 0.6 is 0 Å². The predicted molar refractivity (Wildman–Crippen MR) is 123 cm³/mol. The molecule has 0 aliphatic rings. The van der Waals surface area contributed by atoms with E-state index in [1.807, 2.05) is 31.2 Å². The quantitative estimate of drug-likeness (QED) is 0.565. The summed E-state index contributed by atoms with van der Waals surface area (Å²) in [5, 5.41) is 2.54. The molecule has 1 atom stereocenters. The van der Waals surface area contributed by atoms with Crippen LogP contribution in [0.25, 0.3) is 0 Å². The summed E-state index contributed by atoms with van der Waals surface area (Å²) < 4.78 is 52.2. The first-order chi connectivity index (χ1) is 15.5. The molecule has 2 aromatic carbocycles. The van der Waals surface area contributed by atoms with E-state index < -0.39 is 27.7 Å². The number of carbonyl (C=O) groups excluding carboxylic acids is 2. The molecule has 0 heterocycles. The van der Waals surface area contributed by atoms with Gasteiger partial charge in [0.1, 0.15) is 6.04 Å². The Hall–Kier alpha value is -3.01. The van der Waals surface area contributed by atoms with Gasteiger partial charge in [0.2, 0.25) is 21.8 Å². The molecule has 2 amide bonds. The van der Waals surface area contributed by atoms with Crippen LogP contribution in [0.4, 0.5) is 14.5 Å². The number of benzene rings is 2. The highest BCUT2D eigenvalue weighted by Gasteiger charge is 2.26. The topological polar surface area (TPSA) is 86.8 Å². The van der Waals surface area contributed by atoms with Gasteiger partial charge in [-0.25, -0.2) is 17.2 Å². The Kier molecular flexibility index (Phi) is 8.92. The van der Waals surface area contributed by atoms with Gasteiger partial charge in [-0.05, 0) is 43.5 Å². The van der Waals surface area contributed by atoms with Crippen molar-refractivity contribution in [1.29, 1.82) is 0 Å². The summed E-state index contributed by atoms with van der Waals surface area (Å²) in [6, 6.07) is 9.60. The molecule has 0 aliphatic carbocycles. The summed E-state index contributed by atoms with van der Waals surface area (Å²) in [5.41, 5.74) is 1.83. The van der Waals surface area contributed by atoms with E-state index in [0.717, 1.165) is 33.8 Å². The van der Waals surface area contributed by atoms with Gasteiger partial charge in [0.15, 0.2) is 11.6 Å². The number of nitrogens with zero attached hydrogens (tertiary/aromatic N) is 2. The van der Waals surface area contributed by atoms with E-state index in [0.29, 0.717) is 0 Å². The van der Waals surface area contributed by atoms with E-state index in [4.69, 9.17) is 0 Å². The standard InChI is InChI=1S/C23H29F2N3O4S/c1-16-8-5-6-9-18(16)15-27(17(2)23(30)26-3)22(29)10-7-13-28(33(4,31)32)19-11-12-20(24)21(25)14-19/h5-6,8-9,11-12,14,17H,7,10,13,15H2,1-4H3,(H,26,30)/t17-/m1/s1. The van der Waals surface area contributed by atoms with Gasteiger partial charge < -0.3 is 10.2 Å². The van der Waals surface area contributed by atoms with Crippen LogP contribution in [0, 0.1) is 18.6 Å². The minimum atomic E-state index is -3.80. The lowest BCUT2D eigenvalue weighted by molar-refractivity contribution is -0.140. The molecule has 0 spiro atoms. The number of halogens is 2. The van der Waals surface area contributed by atoms with E-state index >= 15 is 0 Å². The van der Waals surface area contributed by atoms with Crippen molar-refractivity contribution in [2.45, 2.75) is 39.3 Å². The highest BCUT2D eigenvalue weighted by Crippen LogP contribution is 2.22. The fourth-order valence-electron chi connectivity index (χ4n) is 3.41. The van der Waals surface area contributed by atoms with E-state index in [1.165, 1.54) is 18.0 Å². The Morgan fingerprint density at radius 1 is 1.09 bits per heavy atom. The van der Waals surface area contributed by atoms with Crippen molar-refractivity contribution in [3.8, 4) is 0 Å². The van der Waals surface area contributed by atoms with Crippen LogP contribution < -0.4 is 9.62 Å². The van der Waals surface area contributed by atoms with Crippen LogP contribution in [0.3, 0.4) is 0 Å². The lowest BCUT2D eigenvalue weighted by atomic mass is 10.1. The zero-order valence-corrected chi connectivity index (χ0v) is 20.0. The molecule has 0 fully saturated rings. The van der Waals surface area contributed by atoms with Gasteiger partial charge in [-0.15, -0.1) is 0 Å². The highest BCUT2D eigenvalue weighted by atomic mass is 32.2. The zero-order valence-electron chi connectivity index (χ0n) is 19.1. The molecule has 180 valence electrons. The number of nitrogens with one attached hydrogen (secondary N) is 1. The number of anilines is 1. The summed E-state index contributed by atoms with van der Waals surface area (Å²) in [5.74, 6) is -2.90. The predicted octanol–water partition coefficient (Wildman–Crippen LogP) is 2.98. The lowest BCUT2D eigenvalue weighted by Crippen LogP contribution is -2.47. The molecular weight excluding hydrogens is 452 g/mol. The molecule has 2 rings (SSSR count). The Bertz CT molecular complexity index is 1110. The normalized spacial score (nSPS) is 12.2. The zero-order chi connectivity index (χ0) is 24.8. The molecule has 0 saturated carbocycles. The van der Waals surface area contributed by atoms with Gasteiger partial charge in [-0.1, -0.05) is 24.3 Å². The Labute approximate surface area is 193 Å². The number of hydrogen-bond acceptors (Lipinski definition) is 4. The molecule has 10 heteroatoms. The maximum Gasteiger partial charge on any atom is 0.242 e. The van der Waals surface area contributed by atoms with Crippen LogP contribution in [0.2, 0.25) is 0 Å². The Morgan fingerprint density at radius 2 is 1.76 bits per heavy atom. The van der Waals surface area contributed by atoms with E-state index in [2.05, 4.69) is 5.32 Å². The first-order valence-corrected chi connectivity index (χ1v) is 12.3. The average molecular weight is 482 g/mol. The minimum Gasteiger partial charge on any atom is -0.357 e. The summed E-state index contributed by atoms with van der Waals surface area (Å²) in [4.78, 5) is 26.7. The van der Waals surface area contributed by atoms with Crippen molar-refractivity contribution in [2.75, 3.05) is 24.2 Å². The molecule has 0 bridgehead atoms. The molecule has 2 aromatic rings. The SMILES string of the molecule is CNC(=O)[C@@H](C)N(Cc1ccccc1C)C(=O)CCCN(c1ccc(F)c(F)c1)S(C)(=O)=O. The summed E-state index contributed by atoms with van der Waals surface area (Å²) >= 11 is 0. The fraction of sp³-hybridized carbons (Fsp3) is 0.391. The number of amides is 2. The van der Waals surface area contributed by atoms with Crippen molar-refractivity contribution in [3.05, 3.63) is 65.2 Å². The maximum atomic E-state index is 13.6. The fourth-order valence-corrected chi connectivity index (χ4v) is 4.36. The number of aryl methyl sites for hydroxylation is 1. The molecule has 0 unspecified atom stereocenters. The van der Waals surface area contributed by atoms with E-state index in [9.17, 15) is 26.8 Å². The average Bonchev–Trinajstić information content (AvgIpc) is 2.76. The maximum absolute atomic E-state index is 13.6. The number of rotatable bonds is 10. The van der Waals surface area contributed by atoms with Crippen LogP contribution in [-0.2, 0) is 26.2 Å². The van der Waals surface area contributed by atoms with Crippen LogP contribution in [0.5, 0.6) is 0 Å². The number of sulfonamides is 1. The molecule has 0 aliphatic heterocycles. The van der Waals surface area contributed by atoms with Crippen molar-refractivity contribution in [2.24, 2.45) is 0 Å². The van der Waals surface area contributed by atoms with E-state index in [-0.39, 0.29) is 43.4 Å².